The van der Waals surface area contributed by atoms with E-state index in [2.05, 4.69) is 5.32 Å². The molecule has 0 aromatic heterocycles. The lowest BCUT2D eigenvalue weighted by Gasteiger charge is -2.21. The summed E-state index contributed by atoms with van der Waals surface area (Å²) < 4.78 is 27.1. The molecular formula is C18H24ClN3O3S. The van der Waals surface area contributed by atoms with Gasteiger partial charge in [-0.25, -0.2) is 8.42 Å². The van der Waals surface area contributed by atoms with Crippen LogP contribution in [0.4, 0.5) is 5.69 Å². The van der Waals surface area contributed by atoms with Gasteiger partial charge in [-0.1, -0.05) is 30.3 Å². The number of sulfonamides is 1. The van der Waals surface area contributed by atoms with E-state index < -0.39 is 15.9 Å². The fraction of sp³-hybridized carbons (Fsp3) is 0.278. The summed E-state index contributed by atoms with van der Waals surface area (Å²) in [5.41, 5.74) is 6.31. The van der Waals surface area contributed by atoms with Crippen LogP contribution in [0.1, 0.15) is 23.7 Å². The molecule has 0 aliphatic heterocycles. The van der Waals surface area contributed by atoms with Crippen LogP contribution in [0.5, 0.6) is 0 Å². The summed E-state index contributed by atoms with van der Waals surface area (Å²) in [7, 11) is -2.39. The van der Waals surface area contributed by atoms with Gasteiger partial charge in [0.05, 0.1) is 11.3 Å². The Kier molecular flexibility index (Phi) is 8.08. The number of amides is 1. The predicted octanol–water partition coefficient (Wildman–Crippen LogP) is 2.40. The van der Waals surface area contributed by atoms with Crippen molar-refractivity contribution in [3.05, 3.63) is 60.2 Å². The second-order valence-corrected chi connectivity index (χ2v) is 7.76. The molecule has 0 fully saturated rings. The molecule has 0 saturated heterocycles. The van der Waals surface area contributed by atoms with Crippen molar-refractivity contribution < 1.29 is 13.2 Å². The number of hydrogen-bond donors (Lipinski definition) is 2. The maximum Gasteiger partial charge on any atom is 0.264 e. The van der Waals surface area contributed by atoms with Crippen molar-refractivity contribution in [3.8, 4) is 0 Å². The van der Waals surface area contributed by atoms with Gasteiger partial charge in [-0.15, -0.1) is 12.4 Å². The van der Waals surface area contributed by atoms with Gasteiger partial charge in [0, 0.05) is 19.6 Å². The average molecular weight is 398 g/mol. The fourth-order valence-corrected chi connectivity index (χ4v) is 3.70. The Hall–Kier alpha value is -2.09. The second kappa shape index (κ2) is 9.56. The second-order valence-electron chi connectivity index (χ2n) is 5.83. The molecule has 0 aliphatic carbocycles. The van der Waals surface area contributed by atoms with Gasteiger partial charge in [0.15, 0.2) is 0 Å². The lowest BCUT2D eigenvalue weighted by atomic mass is 10.2. The Morgan fingerprint density at radius 1 is 1.12 bits per heavy atom. The van der Waals surface area contributed by atoms with E-state index in [1.54, 1.807) is 36.4 Å². The number of para-hydroxylation sites is 1. The van der Waals surface area contributed by atoms with E-state index in [-0.39, 0.29) is 28.9 Å². The van der Waals surface area contributed by atoms with E-state index in [4.69, 9.17) is 5.73 Å². The van der Waals surface area contributed by atoms with E-state index in [9.17, 15) is 13.2 Å². The minimum absolute atomic E-state index is 0. The van der Waals surface area contributed by atoms with Crippen molar-refractivity contribution in [2.24, 2.45) is 5.73 Å². The summed E-state index contributed by atoms with van der Waals surface area (Å²) >= 11 is 0. The molecular weight excluding hydrogens is 374 g/mol. The Balaban J connectivity index is 0.00000338. The summed E-state index contributed by atoms with van der Waals surface area (Å²) in [5, 5.41) is 2.72. The molecule has 2 aromatic carbocycles. The van der Waals surface area contributed by atoms with E-state index in [1.807, 2.05) is 13.0 Å². The lowest BCUT2D eigenvalue weighted by molar-refractivity contribution is 0.0949. The van der Waals surface area contributed by atoms with E-state index in [0.717, 1.165) is 0 Å². The van der Waals surface area contributed by atoms with E-state index in [0.29, 0.717) is 18.7 Å². The maximum absolute atomic E-state index is 13.0. The molecule has 0 spiro atoms. The zero-order valence-electron chi connectivity index (χ0n) is 14.8. The van der Waals surface area contributed by atoms with Crippen LogP contribution in [0.15, 0.2) is 59.5 Å². The highest BCUT2D eigenvalue weighted by Crippen LogP contribution is 2.24. The molecule has 2 rings (SSSR count). The molecule has 1 unspecified atom stereocenters. The summed E-state index contributed by atoms with van der Waals surface area (Å²) in [6.45, 7) is 2.23. The van der Waals surface area contributed by atoms with E-state index in [1.165, 1.54) is 23.5 Å². The number of anilines is 1. The van der Waals surface area contributed by atoms with Crippen LogP contribution in [0, 0.1) is 0 Å². The van der Waals surface area contributed by atoms with Crippen LogP contribution in [0.3, 0.4) is 0 Å². The molecule has 8 heteroatoms. The Morgan fingerprint density at radius 2 is 1.69 bits per heavy atom. The molecule has 0 heterocycles. The van der Waals surface area contributed by atoms with Gasteiger partial charge in [0.25, 0.3) is 15.9 Å². The highest BCUT2D eigenvalue weighted by Gasteiger charge is 2.26. The predicted molar refractivity (Wildman–Crippen MR) is 106 cm³/mol. The number of nitrogens with one attached hydrogen (secondary N) is 1. The minimum atomic E-state index is -3.86. The zero-order valence-corrected chi connectivity index (χ0v) is 16.4. The normalized spacial score (nSPS) is 12.0. The average Bonchev–Trinajstić information content (AvgIpc) is 2.61. The van der Waals surface area contributed by atoms with Gasteiger partial charge in [0.2, 0.25) is 0 Å². The van der Waals surface area contributed by atoms with Gasteiger partial charge >= 0.3 is 0 Å². The zero-order chi connectivity index (χ0) is 18.4. The molecule has 2 aromatic rings. The smallest absolute Gasteiger partial charge is 0.264 e. The monoisotopic (exact) mass is 397 g/mol. The first kappa shape index (κ1) is 22.0. The Morgan fingerprint density at radius 3 is 2.31 bits per heavy atom. The van der Waals surface area contributed by atoms with Gasteiger partial charge in [0.1, 0.15) is 4.90 Å². The largest absolute Gasteiger partial charge is 0.352 e. The van der Waals surface area contributed by atoms with Crippen molar-refractivity contribution in [1.29, 1.82) is 0 Å². The third-order valence-corrected chi connectivity index (χ3v) is 5.62. The van der Waals surface area contributed by atoms with Crippen molar-refractivity contribution in [2.45, 2.75) is 24.3 Å². The number of carbonyl (C=O) groups is 1. The number of benzene rings is 2. The Bertz CT molecular complexity index is 827. The third-order valence-electron chi connectivity index (χ3n) is 3.78. The molecule has 0 aliphatic rings. The molecule has 1 atom stereocenters. The minimum Gasteiger partial charge on any atom is -0.352 e. The first-order valence-electron chi connectivity index (χ1n) is 8.01. The summed E-state index contributed by atoms with van der Waals surface area (Å²) in [6, 6.07) is 14.9. The molecule has 6 nitrogen and oxygen atoms in total. The summed E-state index contributed by atoms with van der Waals surface area (Å²) in [5.74, 6) is -0.429. The maximum atomic E-state index is 13.0. The van der Waals surface area contributed by atoms with Crippen LogP contribution in [0.2, 0.25) is 0 Å². The van der Waals surface area contributed by atoms with Crippen LogP contribution in [-0.4, -0.2) is 34.0 Å². The standard InChI is InChI=1S/C18H23N3O3S.ClH/c1-14(19)12-13-20-18(22)16-10-6-7-11-17(16)25(23,24)21(2)15-8-4-3-5-9-15;/h3-11,14H,12-13,19H2,1-2H3,(H,20,22);1H. The molecule has 0 bridgehead atoms. The van der Waals surface area contributed by atoms with Crippen LogP contribution in [0.25, 0.3) is 0 Å². The van der Waals surface area contributed by atoms with Crippen molar-refractivity contribution in [2.75, 3.05) is 17.9 Å². The first-order valence-corrected chi connectivity index (χ1v) is 9.45. The molecule has 142 valence electrons. The number of rotatable bonds is 7. The third kappa shape index (κ3) is 5.20. The number of hydrogen-bond acceptors (Lipinski definition) is 4. The highest BCUT2D eigenvalue weighted by atomic mass is 35.5. The quantitative estimate of drug-likeness (QED) is 0.750. The number of halogens is 1. The summed E-state index contributed by atoms with van der Waals surface area (Å²) in [4.78, 5) is 12.4. The fourth-order valence-electron chi connectivity index (χ4n) is 2.31. The number of nitrogens with zero attached hydrogens (tertiary/aromatic N) is 1. The van der Waals surface area contributed by atoms with Gasteiger partial charge < -0.3 is 11.1 Å². The SMILES string of the molecule is CC(N)CCNC(=O)c1ccccc1S(=O)(=O)N(C)c1ccccc1.Cl. The van der Waals surface area contributed by atoms with Crippen molar-refractivity contribution >= 4 is 34.0 Å². The van der Waals surface area contributed by atoms with Crippen molar-refractivity contribution in [1.82, 2.24) is 5.32 Å². The number of nitrogens with two attached hydrogens (primary N) is 1. The summed E-state index contributed by atoms with van der Waals surface area (Å²) in [6.07, 6.45) is 0.616. The van der Waals surface area contributed by atoms with E-state index >= 15 is 0 Å². The lowest BCUT2D eigenvalue weighted by Crippen LogP contribution is -2.32. The van der Waals surface area contributed by atoms with Gasteiger partial charge in [-0.05, 0) is 37.6 Å². The van der Waals surface area contributed by atoms with Crippen LogP contribution < -0.4 is 15.4 Å². The molecule has 0 radical (unpaired) electrons. The first-order chi connectivity index (χ1) is 11.8. The topological polar surface area (TPSA) is 92.5 Å². The van der Waals surface area contributed by atoms with Gasteiger partial charge in [-0.3, -0.25) is 9.10 Å². The molecule has 26 heavy (non-hydrogen) atoms. The molecule has 3 N–H and O–H groups in total. The number of carbonyl (C=O) groups excluding carboxylic acids is 1. The van der Waals surface area contributed by atoms with Crippen LogP contribution >= 0.6 is 12.4 Å². The van der Waals surface area contributed by atoms with Gasteiger partial charge in [-0.2, -0.15) is 0 Å². The molecule has 1 amide bonds. The Labute approximate surface area is 160 Å². The van der Waals surface area contributed by atoms with Crippen molar-refractivity contribution in [3.63, 3.8) is 0 Å². The van der Waals surface area contributed by atoms with Crippen LogP contribution in [-0.2, 0) is 10.0 Å². The molecule has 0 saturated carbocycles. The highest BCUT2D eigenvalue weighted by molar-refractivity contribution is 7.92.